The van der Waals surface area contributed by atoms with E-state index in [0.29, 0.717) is 25.3 Å². The number of aryl methyl sites for hydroxylation is 1. The number of nitrogens with one attached hydrogen (secondary N) is 1. The third-order valence-electron chi connectivity index (χ3n) is 7.16. The number of benzene rings is 1. The summed E-state index contributed by atoms with van der Waals surface area (Å²) in [5, 5.41) is 8.02. The second kappa shape index (κ2) is 9.67. The quantitative estimate of drug-likeness (QED) is 0.701. The minimum atomic E-state index is -0.979. The molecule has 1 aromatic carbocycles. The van der Waals surface area contributed by atoms with Gasteiger partial charge in [-0.05, 0) is 51.9 Å². The van der Waals surface area contributed by atoms with Crippen LogP contribution < -0.4 is 5.32 Å². The van der Waals surface area contributed by atoms with Gasteiger partial charge in [-0.25, -0.2) is 0 Å². The lowest BCUT2D eigenvalue weighted by Gasteiger charge is -2.44. The first-order valence-corrected chi connectivity index (χ1v) is 12.3. The van der Waals surface area contributed by atoms with Crippen LogP contribution in [0.25, 0.3) is 11.3 Å². The summed E-state index contributed by atoms with van der Waals surface area (Å²) in [4.78, 5) is 31.0. The molecule has 1 N–H and O–H groups in total. The van der Waals surface area contributed by atoms with Crippen LogP contribution in [0.5, 0.6) is 0 Å². The number of carbonyl (C=O) groups excluding carboxylic acids is 2. The Morgan fingerprint density at radius 1 is 1.18 bits per heavy atom. The summed E-state index contributed by atoms with van der Waals surface area (Å²) in [5.41, 5.74) is 2.58. The van der Waals surface area contributed by atoms with Gasteiger partial charge < -0.3 is 15.1 Å². The molecule has 1 aromatic heterocycles. The lowest BCUT2D eigenvalue weighted by Crippen LogP contribution is -2.65. The Morgan fingerprint density at radius 2 is 1.88 bits per heavy atom. The topological polar surface area (TPSA) is 70.5 Å². The molecule has 7 nitrogen and oxygen atoms in total. The molecule has 0 spiro atoms. The Hall–Kier alpha value is -2.67. The van der Waals surface area contributed by atoms with Crippen molar-refractivity contribution in [3.8, 4) is 11.3 Å². The van der Waals surface area contributed by atoms with Gasteiger partial charge in [0, 0.05) is 24.7 Å². The maximum Gasteiger partial charge on any atom is 0.273 e. The van der Waals surface area contributed by atoms with Crippen LogP contribution in [0.2, 0.25) is 0 Å². The van der Waals surface area contributed by atoms with Crippen LogP contribution in [0.1, 0.15) is 62.0 Å². The number of amides is 2. The Kier molecular flexibility index (Phi) is 6.88. The maximum atomic E-state index is 13.7. The molecule has 2 aliphatic rings. The first-order valence-electron chi connectivity index (χ1n) is 12.3. The SMILES string of the molecule is CCc1ccc(-c2cc3n(n2)CC(C)(C(=O)NC2CCCCC2)N(CCN(C)C)C3=O)cc1. The van der Waals surface area contributed by atoms with Crippen molar-refractivity contribution in [3.05, 3.63) is 41.6 Å². The molecule has 1 fully saturated rings. The molecule has 2 aromatic rings. The molecule has 7 heteroatoms. The van der Waals surface area contributed by atoms with Crippen LogP contribution in [0.4, 0.5) is 0 Å². The Bertz CT molecular complexity index is 991. The summed E-state index contributed by atoms with van der Waals surface area (Å²) in [7, 11) is 3.96. The van der Waals surface area contributed by atoms with E-state index in [0.717, 1.165) is 43.4 Å². The number of fused-ring (bicyclic) bond motifs is 1. The van der Waals surface area contributed by atoms with E-state index >= 15 is 0 Å². The summed E-state index contributed by atoms with van der Waals surface area (Å²) in [6.07, 6.45) is 6.53. The van der Waals surface area contributed by atoms with E-state index in [4.69, 9.17) is 5.10 Å². The van der Waals surface area contributed by atoms with Crippen LogP contribution in [-0.2, 0) is 17.8 Å². The summed E-state index contributed by atoms with van der Waals surface area (Å²) < 4.78 is 1.73. The fraction of sp³-hybridized carbons (Fsp3) is 0.577. The number of hydrogen-bond acceptors (Lipinski definition) is 4. The van der Waals surface area contributed by atoms with Gasteiger partial charge in [-0.3, -0.25) is 14.3 Å². The molecule has 1 atom stereocenters. The van der Waals surface area contributed by atoms with Gasteiger partial charge in [0.05, 0.1) is 12.2 Å². The molecular formula is C26H37N5O2. The molecule has 33 heavy (non-hydrogen) atoms. The average Bonchev–Trinajstić information content (AvgIpc) is 3.23. The normalized spacial score (nSPS) is 21.4. The highest BCUT2D eigenvalue weighted by Crippen LogP contribution is 2.31. The van der Waals surface area contributed by atoms with E-state index < -0.39 is 5.54 Å². The standard InChI is InChI=1S/C26H37N5O2/c1-5-19-11-13-20(14-12-19)22-17-23-24(32)30(16-15-29(3)4)26(2,18-31(23)28-22)25(33)27-21-9-7-6-8-10-21/h11-14,17,21H,5-10,15-16,18H2,1-4H3,(H,27,33). The van der Waals surface area contributed by atoms with E-state index in [1.54, 1.807) is 9.58 Å². The minimum absolute atomic E-state index is 0.0727. The zero-order valence-corrected chi connectivity index (χ0v) is 20.4. The van der Waals surface area contributed by atoms with Gasteiger partial charge in [-0.1, -0.05) is 50.5 Å². The first kappa shape index (κ1) is 23.5. The Morgan fingerprint density at radius 3 is 2.52 bits per heavy atom. The molecule has 0 bridgehead atoms. The first-order chi connectivity index (χ1) is 15.8. The van der Waals surface area contributed by atoms with Crippen molar-refractivity contribution in [1.82, 2.24) is 24.9 Å². The molecule has 4 rings (SSSR count). The van der Waals surface area contributed by atoms with Gasteiger partial charge in [0.25, 0.3) is 5.91 Å². The molecule has 2 amide bonds. The molecule has 0 radical (unpaired) electrons. The van der Waals surface area contributed by atoms with Gasteiger partial charge >= 0.3 is 0 Å². The highest BCUT2D eigenvalue weighted by molar-refractivity contribution is 6.00. The van der Waals surface area contributed by atoms with Crippen molar-refractivity contribution in [2.75, 3.05) is 27.2 Å². The number of rotatable bonds is 7. The third kappa shape index (κ3) is 4.83. The second-order valence-corrected chi connectivity index (χ2v) is 9.97. The highest BCUT2D eigenvalue weighted by atomic mass is 16.2. The molecule has 1 aliphatic heterocycles. The van der Waals surface area contributed by atoms with E-state index in [1.165, 1.54) is 12.0 Å². The Balaban J connectivity index is 1.64. The van der Waals surface area contributed by atoms with Crippen LogP contribution >= 0.6 is 0 Å². The maximum absolute atomic E-state index is 13.7. The van der Waals surface area contributed by atoms with Crippen molar-refractivity contribution in [1.29, 1.82) is 0 Å². The number of likely N-dealkylation sites (N-methyl/N-ethyl adjacent to an activating group) is 1. The van der Waals surface area contributed by atoms with E-state index in [-0.39, 0.29) is 17.9 Å². The van der Waals surface area contributed by atoms with Crippen LogP contribution in [0, 0.1) is 0 Å². The fourth-order valence-corrected chi connectivity index (χ4v) is 4.93. The zero-order chi connectivity index (χ0) is 23.6. The van der Waals surface area contributed by atoms with E-state index in [1.807, 2.05) is 32.0 Å². The molecule has 178 valence electrons. The van der Waals surface area contributed by atoms with Crippen molar-refractivity contribution in [2.24, 2.45) is 0 Å². The lowest BCUT2D eigenvalue weighted by molar-refractivity contribution is -0.134. The van der Waals surface area contributed by atoms with Gasteiger partial charge in [-0.2, -0.15) is 5.10 Å². The zero-order valence-electron chi connectivity index (χ0n) is 20.4. The van der Waals surface area contributed by atoms with Crippen molar-refractivity contribution in [2.45, 2.75) is 70.5 Å². The van der Waals surface area contributed by atoms with Gasteiger partial charge in [0.2, 0.25) is 5.91 Å². The molecule has 1 aliphatic carbocycles. The van der Waals surface area contributed by atoms with E-state index in [9.17, 15) is 9.59 Å². The van der Waals surface area contributed by atoms with Gasteiger partial charge in [0.1, 0.15) is 11.2 Å². The minimum Gasteiger partial charge on any atom is -0.351 e. The van der Waals surface area contributed by atoms with Crippen molar-refractivity contribution in [3.63, 3.8) is 0 Å². The molecule has 1 saturated carbocycles. The van der Waals surface area contributed by atoms with Crippen LogP contribution in [0.15, 0.2) is 30.3 Å². The lowest BCUT2D eigenvalue weighted by atomic mass is 9.91. The van der Waals surface area contributed by atoms with Gasteiger partial charge in [-0.15, -0.1) is 0 Å². The highest BCUT2D eigenvalue weighted by Gasteiger charge is 2.48. The number of hydrogen-bond donors (Lipinski definition) is 1. The number of nitrogens with zero attached hydrogens (tertiary/aromatic N) is 4. The van der Waals surface area contributed by atoms with Crippen LogP contribution in [0.3, 0.4) is 0 Å². The largest absolute Gasteiger partial charge is 0.351 e. The predicted molar refractivity (Wildman–Crippen MR) is 130 cm³/mol. The molecule has 1 unspecified atom stereocenters. The molecular weight excluding hydrogens is 414 g/mol. The summed E-state index contributed by atoms with van der Waals surface area (Å²) in [6.45, 7) is 5.56. The fourth-order valence-electron chi connectivity index (χ4n) is 4.93. The number of carbonyl (C=O) groups is 2. The molecule has 2 heterocycles. The van der Waals surface area contributed by atoms with E-state index in [2.05, 4.69) is 36.5 Å². The number of aromatic nitrogens is 2. The summed E-state index contributed by atoms with van der Waals surface area (Å²) in [6, 6.07) is 10.4. The smallest absolute Gasteiger partial charge is 0.273 e. The van der Waals surface area contributed by atoms with Crippen molar-refractivity contribution < 1.29 is 9.59 Å². The van der Waals surface area contributed by atoms with Crippen molar-refractivity contribution >= 4 is 11.8 Å². The molecule has 0 saturated heterocycles. The van der Waals surface area contributed by atoms with Crippen LogP contribution in [-0.4, -0.2) is 70.2 Å². The Labute approximate surface area is 197 Å². The average molecular weight is 452 g/mol. The van der Waals surface area contributed by atoms with Gasteiger partial charge in [0.15, 0.2) is 0 Å². The summed E-state index contributed by atoms with van der Waals surface area (Å²) >= 11 is 0. The third-order valence-corrected chi connectivity index (χ3v) is 7.16. The predicted octanol–water partition coefficient (Wildman–Crippen LogP) is 3.34. The monoisotopic (exact) mass is 451 g/mol. The second-order valence-electron chi connectivity index (χ2n) is 9.97. The summed E-state index contributed by atoms with van der Waals surface area (Å²) in [5.74, 6) is -0.204.